The number of urea groups is 1. The lowest BCUT2D eigenvalue weighted by Crippen LogP contribution is -2.48. The second-order valence-corrected chi connectivity index (χ2v) is 5.24. The Kier molecular flexibility index (Phi) is 7.74. The number of amides is 3. The first-order valence-corrected chi connectivity index (χ1v) is 7.44. The lowest BCUT2D eigenvalue weighted by atomic mass is 9.96. The first-order chi connectivity index (χ1) is 10.0. The van der Waals surface area contributed by atoms with Crippen molar-refractivity contribution in [1.29, 1.82) is 0 Å². The predicted octanol–water partition coefficient (Wildman–Crippen LogP) is 0.640. The molecule has 0 aromatic rings. The van der Waals surface area contributed by atoms with Crippen molar-refractivity contribution in [1.82, 2.24) is 15.5 Å². The van der Waals surface area contributed by atoms with Gasteiger partial charge >= 0.3 is 12.0 Å². The molecule has 0 unspecified atom stereocenters. The number of carbonyl (C=O) groups is 3. The molecule has 0 heterocycles. The lowest BCUT2D eigenvalue weighted by molar-refractivity contribution is -0.142. The van der Waals surface area contributed by atoms with E-state index in [0.717, 1.165) is 25.7 Å². The number of hydrogen-bond acceptors (Lipinski definition) is 5. The zero-order chi connectivity index (χ0) is 15.7. The minimum atomic E-state index is -0.457. The molecule has 1 rings (SSSR count). The number of imide groups is 1. The number of nitrogens with zero attached hydrogens (tertiary/aromatic N) is 1. The molecule has 0 aliphatic heterocycles. The molecule has 120 valence electrons. The standard InChI is InChI=1S/C14H25N3O4/c1-3-17(10-13(19)21-2)9-12(18)16-14(20)15-11-7-5-4-6-8-11/h11H,3-10H2,1-2H3,(H2,15,16,18,20). The van der Waals surface area contributed by atoms with Crippen LogP contribution in [0.1, 0.15) is 39.0 Å². The maximum Gasteiger partial charge on any atom is 0.321 e. The Morgan fingerprint density at radius 3 is 2.38 bits per heavy atom. The number of ether oxygens (including phenoxy) is 1. The van der Waals surface area contributed by atoms with E-state index >= 15 is 0 Å². The van der Waals surface area contributed by atoms with Crippen LogP contribution >= 0.6 is 0 Å². The number of methoxy groups -OCH3 is 1. The summed E-state index contributed by atoms with van der Waals surface area (Å²) in [7, 11) is 1.30. The quantitative estimate of drug-likeness (QED) is 0.703. The average molecular weight is 299 g/mol. The molecule has 1 saturated carbocycles. The third kappa shape index (κ3) is 7.08. The first-order valence-electron chi connectivity index (χ1n) is 7.44. The van der Waals surface area contributed by atoms with Gasteiger partial charge in [0.2, 0.25) is 5.91 Å². The molecular formula is C14H25N3O4. The van der Waals surface area contributed by atoms with Gasteiger partial charge in [0.25, 0.3) is 0 Å². The van der Waals surface area contributed by atoms with Crippen LogP contribution < -0.4 is 10.6 Å². The number of carbonyl (C=O) groups excluding carboxylic acids is 3. The van der Waals surface area contributed by atoms with E-state index < -0.39 is 17.9 Å². The average Bonchev–Trinajstić information content (AvgIpc) is 2.47. The molecule has 0 atom stereocenters. The minimum Gasteiger partial charge on any atom is -0.468 e. The Balaban J connectivity index is 2.30. The highest BCUT2D eigenvalue weighted by Crippen LogP contribution is 2.17. The van der Waals surface area contributed by atoms with Crippen LogP contribution in [-0.4, -0.2) is 55.6 Å². The van der Waals surface area contributed by atoms with Crippen LogP contribution in [0.15, 0.2) is 0 Å². The van der Waals surface area contributed by atoms with Gasteiger partial charge < -0.3 is 10.1 Å². The van der Waals surface area contributed by atoms with Gasteiger partial charge in [-0.1, -0.05) is 26.2 Å². The van der Waals surface area contributed by atoms with Gasteiger partial charge in [-0.15, -0.1) is 0 Å². The number of hydrogen-bond donors (Lipinski definition) is 2. The zero-order valence-corrected chi connectivity index (χ0v) is 12.8. The predicted molar refractivity (Wildman–Crippen MR) is 77.7 cm³/mol. The summed E-state index contributed by atoms with van der Waals surface area (Å²) in [5, 5.41) is 5.11. The summed E-state index contributed by atoms with van der Waals surface area (Å²) in [5.41, 5.74) is 0. The number of rotatable bonds is 6. The molecule has 2 N–H and O–H groups in total. The highest BCUT2D eigenvalue weighted by atomic mass is 16.5. The molecule has 1 aliphatic rings. The van der Waals surface area contributed by atoms with Gasteiger partial charge in [-0.2, -0.15) is 0 Å². The van der Waals surface area contributed by atoms with E-state index in [4.69, 9.17) is 0 Å². The van der Waals surface area contributed by atoms with Crippen molar-refractivity contribution < 1.29 is 19.1 Å². The molecular weight excluding hydrogens is 274 g/mol. The van der Waals surface area contributed by atoms with E-state index in [1.165, 1.54) is 13.5 Å². The topological polar surface area (TPSA) is 87.7 Å². The minimum absolute atomic E-state index is 0.0102. The Morgan fingerprint density at radius 1 is 1.14 bits per heavy atom. The fourth-order valence-electron chi connectivity index (χ4n) is 2.36. The van der Waals surface area contributed by atoms with Gasteiger partial charge in [-0.3, -0.25) is 19.8 Å². The van der Waals surface area contributed by atoms with Crippen molar-refractivity contribution in [3.63, 3.8) is 0 Å². The largest absolute Gasteiger partial charge is 0.468 e. The van der Waals surface area contributed by atoms with Crippen molar-refractivity contribution in [2.75, 3.05) is 26.7 Å². The van der Waals surface area contributed by atoms with Crippen molar-refractivity contribution in [2.45, 2.75) is 45.1 Å². The first kappa shape index (κ1) is 17.4. The SMILES string of the molecule is CCN(CC(=O)NC(=O)NC1CCCCC1)CC(=O)OC. The summed E-state index contributed by atoms with van der Waals surface area (Å²) in [6, 6.07) is -0.301. The lowest BCUT2D eigenvalue weighted by Gasteiger charge is -2.23. The van der Waals surface area contributed by atoms with Crippen LogP contribution in [-0.2, 0) is 14.3 Å². The maximum absolute atomic E-state index is 11.8. The Hall–Kier alpha value is -1.63. The third-order valence-corrected chi connectivity index (χ3v) is 3.59. The number of nitrogens with one attached hydrogen (secondary N) is 2. The highest BCUT2D eigenvalue weighted by Gasteiger charge is 2.18. The van der Waals surface area contributed by atoms with Crippen LogP contribution in [0.3, 0.4) is 0 Å². The Bertz CT molecular complexity index is 367. The summed E-state index contributed by atoms with van der Waals surface area (Å²) in [5.74, 6) is -0.828. The van der Waals surface area contributed by atoms with Crippen molar-refractivity contribution in [3.05, 3.63) is 0 Å². The molecule has 0 saturated heterocycles. The molecule has 0 aromatic heterocycles. The third-order valence-electron chi connectivity index (χ3n) is 3.59. The maximum atomic E-state index is 11.8. The molecule has 1 aliphatic carbocycles. The Labute approximate surface area is 125 Å². The molecule has 1 fully saturated rings. The molecule has 7 heteroatoms. The molecule has 3 amide bonds. The Morgan fingerprint density at radius 2 is 1.81 bits per heavy atom. The molecule has 0 bridgehead atoms. The molecule has 21 heavy (non-hydrogen) atoms. The smallest absolute Gasteiger partial charge is 0.321 e. The van der Waals surface area contributed by atoms with E-state index in [9.17, 15) is 14.4 Å². The summed E-state index contributed by atoms with van der Waals surface area (Å²) in [6.07, 6.45) is 5.36. The van der Waals surface area contributed by atoms with Crippen molar-refractivity contribution >= 4 is 17.9 Å². The van der Waals surface area contributed by atoms with Crippen LogP contribution in [0.2, 0.25) is 0 Å². The summed E-state index contributed by atoms with van der Waals surface area (Å²) in [6.45, 7) is 2.37. The van der Waals surface area contributed by atoms with E-state index in [2.05, 4.69) is 15.4 Å². The zero-order valence-electron chi connectivity index (χ0n) is 12.8. The van der Waals surface area contributed by atoms with Crippen LogP contribution in [0.4, 0.5) is 4.79 Å². The molecule has 0 spiro atoms. The normalized spacial score (nSPS) is 15.6. The second-order valence-electron chi connectivity index (χ2n) is 5.24. The number of likely N-dealkylation sites (N-methyl/N-ethyl adjacent to an activating group) is 1. The van der Waals surface area contributed by atoms with Gasteiger partial charge in [0.1, 0.15) is 0 Å². The summed E-state index contributed by atoms with van der Waals surface area (Å²) in [4.78, 5) is 36.3. The second kappa shape index (κ2) is 9.33. The van der Waals surface area contributed by atoms with Gasteiger partial charge in [-0.05, 0) is 19.4 Å². The number of esters is 1. The van der Waals surface area contributed by atoms with Crippen molar-refractivity contribution in [2.24, 2.45) is 0 Å². The summed E-state index contributed by atoms with van der Waals surface area (Å²) < 4.78 is 4.55. The van der Waals surface area contributed by atoms with Gasteiger partial charge in [0.05, 0.1) is 20.2 Å². The van der Waals surface area contributed by atoms with E-state index in [0.29, 0.717) is 6.54 Å². The monoisotopic (exact) mass is 299 g/mol. The van der Waals surface area contributed by atoms with E-state index in [1.807, 2.05) is 6.92 Å². The van der Waals surface area contributed by atoms with Crippen LogP contribution in [0.25, 0.3) is 0 Å². The van der Waals surface area contributed by atoms with Gasteiger partial charge in [0, 0.05) is 6.04 Å². The van der Waals surface area contributed by atoms with Crippen molar-refractivity contribution in [3.8, 4) is 0 Å². The fourth-order valence-corrected chi connectivity index (χ4v) is 2.36. The van der Waals surface area contributed by atoms with Crippen LogP contribution in [0, 0.1) is 0 Å². The van der Waals surface area contributed by atoms with Gasteiger partial charge in [0.15, 0.2) is 0 Å². The summed E-state index contributed by atoms with van der Waals surface area (Å²) >= 11 is 0. The fraction of sp³-hybridized carbons (Fsp3) is 0.786. The molecule has 0 radical (unpaired) electrons. The van der Waals surface area contributed by atoms with E-state index in [-0.39, 0.29) is 19.1 Å². The molecule has 0 aromatic carbocycles. The molecule has 7 nitrogen and oxygen atoms in total. The van der Waals surface area contributed by atoms with Gasteiger partial charge in [-0.25, -0.2) is 4.79 Å². The van der Waals surface area contributed by atoms with E-state index in [1.54, 1.807) is 4.90 Å². The highest BCUT2D eigenvalue weighted by molar-refractivity contribution is 5.95. The van der Waals surface area contributed by atoms with Crippen LogP contribution in [0.5, 0.6) is 0 Å².